The molecule has 1 N–H and O–H groups in total. The van der Waals surface area contributed by atoms with E-state index in [-0.39, 0.29) is 5.69 Å². The number of carboxylic acid groups (broad SMARTS) is 1. The van der Waals surface area contributed by atoms with Crippen molar-refractivity contribution in [3.05, 3.63) is 47.8 Å². The number of hydrogen-bond donors (Lipinski definition) is 1. The second kappa shape index (κ2) is 5.00. The summed E-state index contributed by atoms with van der Waals surface area (Å²) in [6, 6.07) is 3.41. The van der Waals surface area contributed by atoms with E-state index in [1.807, 2.05) is 16.8 Å². The number of aromatic carboxylic acids is 1. The van der Waals surface area contributed by atoms with Gasteiger partial charge < -0.3 is 9.67 Å². The Hall–Kier alpha value is -2.17. The van der Waals surface area contributed by atoms with E-state index < -0.39 is 5.97 Å². The minimum absolute atomic E-state index is 0.0683. The van der Waals surface area contributed by atoms with Gasteiger partial charge in [-0.2, -0.15) is 0 Å². The maximum atomic E-state index is 10.8. The summed E-state index contributed by atoms with van der Waals surface area (Å²) in [7, 11) is 0. The van der Waals surface area contributed by atoms with Crippen molar-refractivity contribution in [3.63, 3.8) is 0 Å². The highest BCUT2D eigenvalue weighted by Crippen LogP contribution is 2.14. The van der Waals surface area contributed by atoms with Gasteiger partial charge in [-0.3, -0.25) is 0 Å². The fourth-order valence-electron chi connectivity index (χ4n) is 1.84. The summed E-state index contributed by atoms with van der Waals surface area (Å²) in [6.45, 7) is 4.76. The van der Waals surface area contributed by atoms with Crippen LogP contribution in [-0.2, 0) is 6.54 Å². The van der Waals surface area contributed by atoms with Gasteiger partial charge in [-0.15, -0.1) is 0 Å². The Labute approximate surface area is 105 Å². The van der Waals surface area contributed by atoms with Gasteiger partial charge in [-0.05, 0) is 17.7 Å². The van der Waals surface area contributed by atoms with Gasteiger partial charge >= 0.3 is 5.97 Å². The molecule has 0 saturated heterocycles. The summed E-state index contributed by atoms with van der Waals surface area (Å²) in [6.07, 6.45) is 5.18. The second-order valence-corrected chi connectivity index (χ2v) is 4.42. The third-order valence-corrected chi connectivity index (χ3v) is 2.66. The van der Waals surface area contributed by atoms with Crippen molar-refractivity contribution < 1.29 is 9.90 Å². The molecule has 2 aromatic rings. The van der Waals surface area contributed by atoms with Crippen LogP contribution in [0.25, 0.3) is 0 Å². The Morgan fingerprint density at radius 1 is 1.39 bits per heavy atom. The summed E-state index contributed by atoms with van der Waals surface area (Å²) < 4.78 is 2.02. The number of rotatable bonds is 4. The van der Waals surface area contributed by atoms with E-state index in [0.717, 1.165) is 11.4 Å². The number of aromatic nitrogens is 3. The molecule has 0 aliphatic heterocycles. The third-order valence-electron chi connectivity index (χ3n) is 2.66. The molecule has 0 saturated carbocycles. The molecule has 0 radical (unpaired) electrons. The lowest BCUT2D eigenvalue weighted by atomic mass is 10.2. The topological polar surface area (TPSA) is 68.0 Å². The van der Waals surface area contributed by atoms with E-state index in [4.69, 9.17) is 5.11 Å². The average molecular weight is 245 g/mol. The maximum absolute atomic E-state index is 10.8. The van der Waals surface area contributed by atoms with Gasteiger partial charge in [-0.1, -0.05) is 13.8 Å². The van der Waals surface area contributed by atoms with Crippen LogP contribution in [0.3, 0.4) is 0 Å². The van der Waals surface area contributed by atoms with Gasteiger partial charge in [0.2, 0.25) is 0 Å². The van der Waals surface area contributed by atoms with Crippen LogP contribution in [0.1, 0.15) is 41.6 Å². The molecule has 0 unspecified atom stereocenters. The quantitative estimate of drug-likeness (QED) is 0.896. The monoisotopic (exact) mass is 245 g/mol. The summed E-state index contributed by atoms with van der Waals surface area (Å²) in [5.41, 5.74) is 0.973. The molecule has 2 aromatic heterocycles. The molecule has 0 atom stereocenters. The van der Waals surface area contributed by atoms with E-state index in [9.17, 15) is 4.79 Å². The van der Waals surface area contributed by atoms with Gasteiger partial charge in [0.25, 0.3) is 0 Å². The molecule has 0 bridgehead atoms. The number of hydrogen-bond acceptors (Lipinski definition) is 3. The first-order valence-corrected chi connectivity index (χ1v) is 5.77. The highest BCUT2D eigenvalue weighted by atomic mass is 16.4. The number of pyridine rings is 1. The van der Waals surface area contributed by atoms with E-state index >= 15 is 0 Å². The largest absolute Gasteiger partial charge is 0.477 e. The van der Waals surface area contributed by atoms with Gasteiger partial charge in [0.15, 0.2) is 0 Å². The fraction of sp³-hybridized carbons (Fsp3) is 0.308. The summed E-state index contributed by atoms with van der Waals surface area (Å²) in [5, 5.41) is 8.90. The van der Waals surface area contributed by atoms with Crippen LogP contribution < -0.4 is 0 Å². The first-order valence-electron chi connectivity index (χ1n) is 5.77. The predicted molar refractivity (Wildman–Crippen MR) is 66.6 cm³/mol. The van der Waals surface area contributed by atoms with Gasteiger partial charge in [-0.25, -0.2) is 14.8 Å². The number of imidazole rings is 1. The SMILES string of the molecule is CC(C)c1nccn1Cc1ccnc(C(=O)O)c1. The Morgan fingerprint density at radius 3 is 2.83 bits per heavy atom. The van der Waals surface area contributed by atoms with E-state index in [1.54, 1.807) is 12.3 Å². The van der Waals surface area contributed by atoms with Crippen LogP contribution in [0.5, 0.6) is 0 Å². The number of carboxylic acids is 1. The van der Waals surface area contributed by atoms with Crippen molar-refractivity contribution in [1.82, 2.24) is 14.5 Å². The smallest absolute Gasteiger partial charge is 0.354 e. The molecular formula is C13H15N3O2. The van der Waals surface area contributed by atoms with Crippen LogP contribution in [-0.4, -0.2) is 25.6 Å². The van der Waals surface area contributed by atoms with Crippen LogP contribution in [0, 0.1) is 0 Å². The Kier molecular flexibility index (Phi) is 3.41. The first-order chi connectivity index (χ1) is 8.58. The minimum atomic E-state index is -1.01. The molecule has 0 spiro atoms. The molecule has 5 heteroatoms. The zero-order valence-electron chi connectivity index (χ0n) is 10.4. The Balaban J connectivity index is 2.26. The minimum Gasteiger partial charge on any atom is -0.477 e. The molecule has 0 fully saturated rings. The van der Waals surface area contributed by atoms with E-state index in [2.05, 4.69) is 23.8 Å². The molecule has 0 amide bonds. The number of carbonyl (C=O) groups is 1. The second-order valence-electron chi connectivity index (χ2n) is 4.42. The fourth-order valence-corrected chi connectivity index (χ4v) is 1.84. The normalized spacial score (nSPS) is 10.8. The summed E-state index contributed by atoms with van der Waals surface area (Å²) in [5.74, 6) is 0.316. The van der Waals surface area contributed by atoms with Crippen LogP contribution in [0.15, 0.2) is 30.7 Å². The lowest BCUT2D eigenvalue weighted by Gasteiger charge is -2.10. The molecule has 2 rings (SSSR count). The maximum Gasteiger partial charge on any atom is 0.354 e. The average Bonchev–Trinajstić information content (AvgIpc) is 2.77. The molecular weight excluding hydrogens is 230 g/mol. The predicted octanol–water partition coefficient (Wildman–Crippen LogP) is 2.15. The highest BCUT2D eigenvalue weighted by molar-refractivity contribution is 5.85. The molecule has 0 aliphatic rings. The van der Waals surface area contributed by atoms with Crippen LogP contribution in [0.4, 0.5) is 0 Å². The third kappa shape index (κ3) is 2.56. The van der Waals surface area contributed by atoms with E-state index in [1.165, 1.54) is 6.20 Å². The highest BCUT2D eigenvalue weighted by Gasteiger charge is 2.09. The Morgan fingerprint density at radius 2 is 2.17 bits per heavy atom. The van der Waals surface area contributed by atoms with Crippen molar-refractivity contribution in [2.75, 3.05) is 0 Å². The molecule has 18 heavy (non-hydrogen) atoms. The Bertz CT molecular complexity index is 561. The molecule has 0 aliphatic carbocycles. The van der Waals surface area contributed by atoms with Crippen LogP contribution in [0.2, 0.25) is 0 Å². The number of nitrogens with zero attached hydrogens (tertiary/aromatic N) is 3. The van der Waals surface area contributed by atoms with Crippen molar-refractivity contribution >= 4 is 5.97 Å². The molecule has 5 nitrogen and oxygen atoms in total. The summed E-state index contributed by atoms with van der Waals surface area (Å²) in [4.78, 5) is 19.0. The lowest BCUT2D eigenvalue weighted by molar-refractivity contribution is 0.0690. The van der Waals surface area contributed by atoms with Crippen molar-refractivity contribution in [2.24, 2.45) is 0 Å². The van der Waals surface area contributed by atoms with Crippen molar-refractivity contribution in [3.8, 4) is 0 Å². The van der Waals surface area contributed by atoms with Crippen molar-refractivity contribution in [2.45, 2.75) is 26.3 Å². The van der Waals surface area contributed by atoms with Gasteiger partial charge in [0, 0.05) is 31.1 Å². The first kappa shape index (κ1) is 12.3. The summed E-state index contributed by atoms with van der Waals surface area (Å²) >= 11 is 0. The zero-order valence-corrected chi connectivity index (χ0v) is 10.4. The van der Waals surface area contributed by atoms with Gasteiger partial charge in [0.1, 0.15) is 11.5 Å². The van der Waals surface area contributed by atoms with Crippen molar-refractivity contribution in [1.29, 1.82) is 0 Å². The zero-order chi connectivity index (χ0) is 13.1. The van der Waals surface area contributed by atoms with Gasteiger partial charge in [0.05, 0.1) is 0 Å². The molecule has 94 valence electrons. The molecule has 0 aromatic carbocycles. The standard InChI is InChI=1S/C13H15N3O2/c1-9(2)12-15-5-6-16(12)8-10-3-4-14-11(7-10)13(17)18/h3-7,9H,8H2,1-2H3,(H,17,18). The molecule has 2 heterocycles. The van der Waals surface area contributed by atoms with E-state index in [0.29, 0.717) is 12.5 Å². The van der Waals surface area contributed by atoms with Crippen LogP contribution >= 0.6 is 0 Å². The lowest BCUT2D eigenvalue weighted by Crippen LogP contribution is -2.07.